The molecule has 0 aliphatic heterocycles. The van der Waals surface area contributed by atoms with E-state index >= 15 is 0 Å². The topological polar surface area (TPSA) is 43.6 Å². The summed E-state index contributed by atoms with van der Waals surface area (Å²) in [6.07, 6.45) is 7.27. The van der Waals surface area contributed by atoms with Gasteiger partial charge in [0.05, 0.1) is 22.2 Å². The van der Waals surface area contributed by atoms with E-state index in [9.17, 15) is 4.79 Å². The average molecular weight is 371 g/mol. The molecule has 1 aromatic heterocycles. The maximum Gasteiger partial charge on any atom is 0.254 e. The Balaban J connectivity index is 1.55. The van der Waals surface area contributed by atoms with Gasteiger partial charge in [0, 0.05) is 13.7 Å². The van der Waals surface area contributed by atoms with Crippen LogP contribution in [0, 0.1) is 23.2 Å². The number of fused-ring (bicyclic) bond motifs is 1. The molecule has 4 saturated carbocycles. The van der Waals surface area contributed by atoms with Crippen molar-refractivity contribution in [2.75, 3.05) is 13.7 Å². The fourth-order valence-corrected chi connectivity index (χ4v) is 7.14. The van der Waals surface area contributed by atoms with E-state index in [2.05, 4.69) is 16.7 Å². The number of aromatic nitrogens is 1. The molecule has 0 N–H and O–H groups in total. The minimum absolute atomic E-state index is 0.148. The molecule has 0 saturated heterocycles. The molecule has 2 aromatic rings. The van der Waals surface area contributed by atoms with Crippen molar-refractivity contribution in [2.45, 2.75) is 45.1 Å². The summed E-state index contributed by atoms with van der Waals surface area (Å²) in [6.45, 7) is 1.35. The number of amides is 1. The third-order valence-electron chi connectivity index (χ3n) is 6.80. The van der Waals surface area contributed by atoms with E-state index in [1.165, 1.54) is 24.0 Å². The van der Waals surface area contributed by atoms with Gasteiger partial charge in [-0.05, 0) is 68.4 Å². The molecule has 4 aliphatic carbocycles. The number of thiazole rings is 1. The first kappa shape index (κ1) is 16.7. The van der Waals surface area contributed by atoms with Gasteiger partial charge in [0.1, 0.15) is 0 Å². The van der Waals surface area contributed by atoms with Gasteiger partial charge in [-0.2, -0.15) is 4.99 Å². The fourth-order valence-electron chi connectivity index (χ4n) is 6.08. The Morgan fingerprint density at radius 2 is 1.85 bits per heavy atom. The molecule has 1 heterocycles. The van der Waals surface area contributed by atoms with E-state index in [1.807, 2.05) is 12.1 Å². The van der Waals surface area contributed by atoms with Crippen LogP contribution in [0.1, 0.15) is 38.5 Å². The van der Waals surface area contributed by atoms with Crippen molar-refractivity contribution >= 4 is 27.5 Å². The number of benzene rings is 1. The Morgan fingerprint density at radius 1 is 1.19 bits per heavy atom. The minimum atomic E-state index is -0.163. The zero-order chi connectivity index (χ0) is 17.7. The number of rotatable bonds is 4. The lowest BCUT2D eigenvalue weighted by molar-refractivity contribution is -0.142. The van der Waals surface area contributed by atoms with Crippen LogP contribution >= 0.6 is 11.3 Å². The summed E-state index contributed by atoms with van der Waals surface area (Å²) < 4.78 is 8.62. The number of ether oxygens (including phenoxy) is 1. The average Bonchev–Trinajstić information content (AvgIpc) is 2.96. The second-order valence-corrected chi connectivity index (χ2v) is 9.62. The molecular weight excluding hydrogens is 344 g/mol. The first-order chi connectivity index (χ1) is 12.7. The van der Waals surface area contributed by atoms with Crippen molar-refractivity contribution < 1.29 is 9.53 Å². The zero-order valence-electron chi connectivity index (χ0n) is 15.3. The van der Waals surface area contributed by atoms with Crippen molar-refractivity contribution in [3.8, 4) is 0 Å². The van der Waals surface area contributed by atoms with Crippen molar-refractivity contribution in [1.82, 2.24) is 4.57 Å². The van der Waals surface area contributed by atoms with Gasteiger partial charge >= 0.3 is 0 Å². The largest absolute Gasteiger partial charge is 0.383 e. The molecule has 5 heteroatoms. The summed E-state index contributed by atoms with van der Waals surface area (Å²) in [5.41, 5.74) is 0.982. The van der Waals surface area contributed by atoms with Gasteiger partial charge in [-0.15, -0.1) is 0 Å². The lowest BCUT2D eigenvalue weighted by atomic mass is 9.49. The maximum atomic E-state index is 13.4. The van der Waals surface area contributed by atoms with Crippen LogP contribution in [0.5, 0.6) is 0 Å². The van der Waals surface area contributed by atoms with E-state index in [0.29, 0.717) is 6.61 Å². The molecule has 4 nitrogen and oxygen atoms in total. The molecule has 0 unspecified atom stereocenters. The van der Waals surface area contributed by atoms with E-state index in [-0.39, 0.29) is 11.3 Å². The number of carbonyl (C=O) groups is 1. The lowest BCUT2D eigenvalue weighted by Crippen LogP contribution is -2.50. The molecule has 0 radical (unpaired) electrons. The normalized spacial score (nSPS) is 33.3. The second-order valence-electron chi connectivity index (χ2n) is 8.61. The fraction of sp³-hybridized carbons (Fsp3) is 0.619. The standard InChI is InChI=1S/C21H26N2O2S/c1-25-7-6-23-17-4-2-3-5-18(17)26-20(23)22-19(24)21-11-14-8-15(12-21)10-16(9-14)13-21/h2-5,14-16H,6-13H2,1H3. The molecule has 0 atom stereocenters. The molecule has 1 amide bonds. The van der Waals surface area contributed by atoms with Crippen LogP contribution in [0.3, 0.4) is 0 Å². The van der Waals surface area contributed by atoms with Crippen molar-refractivity contribution in [3.63, 3.8) is 0 Å². The highest BCUT2D eigenvalue weighted by Gasteiger charge is 2.54. The third-order valence-corrected chi connectivity index (χ3v) is 7.86. The van der Waals surface area contributed by atoms with Gasteiger partial charge in [-0.1, -0.05) is 23.5 Å². The molecule has 6 rings (SSSR count). The monoisotopic (exact) mass is 370 g/mol. The number of carbonyl (C=O) groups excluding carboxylic acids is 1. The number of hydrogen-bond acceptors (Lipinski definition) is 3. The van der Waals surface area contributed by atoms with Crippen LogP contribution < -0.4 is 4.80 Å². The summed E-state index contributed by atoms with van der Waals surface area (Å²) in [5, 5.41) is 0. The summed E-state index contributed by atoms with van der Waals surface area (Å²) in [7, 11) is 1.71. The number of hydrogen-bond donors (Lipinski definition) is 0. The summed E-state index contributed by atoms with van der Waals surface area (Å²) >= 11 is 1.63. The summed E-state index contributed by atoms with van der Waals surface area (Å²) in [4.78, 5) is 18.9. The van der Waals surface area contributed by atoms with E-state index < -0.39 is 0 Å². The zero-order valence-corrected chi connectivity index (χ0v) is 16.1. The van der Waals surface area contributed by atoms with Crippen LogP contribution in [-0.4, -0.2) is 24.2 Å². The maximum absolute atomic E-state index is 13.4. The van der Waals surface area contributed by atoms with Crippen LogP contribution in [0.25, 0.3) is 10.2 Å². The Bertz CT molecular complexity index is 875. The highest BCUT2D eigenvalue weighted by atomic mass is 32.1. The van der Waals surface area contributed by atoms with Crippen molar-refractivity contribution in [3.05, 3.63) is 29.1 Å². The van der Waals surface area contributed by atoms with Gasteiger partial charge in [-0.25, -0.2) is 0 Å². The number of methoxy groups -OCH3 is 1. The molecule has 4 aliphatic rings. The Hall–Kier alpha value is -1.46. The minimum Gasteiger partial charge on any atom is -0.383 e. The molecule has 4 fully saturated rings. The van der Waals surface area contributed by atoms with Gasteiger partial charge in [0.15, 0.2) is 4.80 Å². The number of para-hydroxylation sites is 1. The summed E-state index contributed by atoms with van der Waals surface area (Å²) in [5.74, 6) is 2.45. The SMILES string of the molecule is COCCn1c(=NC(=O)C23CC4CC(CC(C4)C2)C3)sc2ccccc21. The van der Waals surface area contributed by atoms with Gasteiger partial charge in [0.2, 0.25) is 0 Å². The lowest BCUT2D eigenvalue weighted by Gasteiger charge is -2.55. The second kappa shape index (κ2) is 6.31. The highest BCUT2D eigenvalue weighted by molar-refractivity contribution is 7.16. The van der Waals surface area contributed by atoms with Crippen LogP contribution in [0.15, 0.2) is 29.3 Å². The molecule has 138 valence electrons. The van der Waals surface area contributed by atoms with Crippen molar-refractivity contribution in [1.29, 1.82) is 0 Å². The highest BCUT2D eigenvalue weighted by Crippen LogP contribution is 2.60. The van der Waals surface area contributed by atoms with Crippen LogP contribution in [0.2, 0.25) is 0 Å². The molecule has 1 aromatic carbocycles. The molecule has 4 bridgehead atoms. The molecule has 26 heavy (non-hydrogen) atoms. The van der Waals surface area contributed by atoms with E-state index in [0.717, 1.165) is 53.9 Å². The smallest absolute Gasteiger partial charge is 0.254 e. The predicted molar refractivity (Wildman–Crippen MR) is 103 cm³/mol. The first-order valence-electron chi connectivity index (χ1n) is 9.83. The van der Waals surface area contributed by atoms with Gasteiger partial charge < -0.3 is 9.30 Å². The molecular formula is C21H26N2O2S. The quantitative estimate of drug-likeness (QED) is 0.817. The van der Waals surface area contributed by atoms with E-state index in [4.69, 9.17) is 9.73 Å². The Morgan fingerprint density at radius 3 is 2.50 bits per heavy atom. The number of nitrogens with zero attached hydrogens (tertiary/aromatic N) is 2. The first-order valence-corrected chi connectivity index (χ1v) is 10.6. The van der Waals surface area contributed by atoms with Gasteiger partial charge in [0.25, 0.3) is 5.91 Å². The van der Waals surface area contributed by atoms with Crippen molar-refractivity contribution in [2.24, 2.45) is 28.2 Å². The Kier molecular flexibility index (Phi) is 4.05. The summed E-state index contributed by atoms with van der Waals surface area (Å²) in [6, 6.07) is 8.31. The Labute approximate surface area is 157 Å². The third kappa shape index (κ3) is 2.67. The predicted octanol–water partition coefficient (Wildman–Crippen LogP) is 3.99. The molecule has 0 spiro atoms. The van der Waals surface area contributed by atoms with E-state index in [1.54, 1.807) is 18.4 Å². The van der Waals surface area contributed by atoms with Gasteiger partial charge in [-0.3, -0.25) is 4.79 Å². The van der Waals surface area contributed by atoms with Crippen LogP contribution in [0.4, 0.5) is 0 Å². The van der Waals surface area contributed by atoms with Crippen LogP contribution in [-0.2, 0) is 16.1 Å².